The Morgan fingerprint density at radius 3 is 3.07 bits per heavy atom. The molecule has 142 valence electrons. The lowest BCUT2D eigenvalue weighted by Gasteiger charge is -2.26. The summed E-state index contributed by atoms with van der Waals surface area (Å²) in [5, 5.41) is 7.70. The number of hydrogen-bond donors (Lipinski definition) is 1. The number of carbonyl (C=O) groups excluding carboxylic acids is 1. The summed E-state index contributed by atoms with van der Waals surface area (Å²) < 4.78 is 7.64. The predicted octanol–water partition coefficient (Wildman–Crippen LogP) is 3.94. The molecule has 1 aromatic heterocycles. The number of ether oxygens (including phenoxy) is 1. The van der Waals surface area contributed by atoms with Crippen LogP contribution >= 0.6 is 0 Å². The van der Waals surface area contributed by atoms with E-state index < -0.39 is 0 Å². The molecule has 1 N–H and O–H groups in total. The molecule has 2 aromatic carbocycles. The van der Waals surface area contributed by atoms with Gasteiger partial charge in [0, 0.05) is 11.1 Å². The Morgan fingerprint density at radius 2 is 2.14 bits per heavy atom. The summed E-state index contributed by atoms with van der Waals surface area (Å²) in [4.78, 5) is 12.8. The van der Waals surface area contributed by atoms with Gasteiger partial charge in [0.15, 0.2) is 0 Å². The van der Waals surface area contributed by atoms with Gasteiger partial charge in [-0.3, -0.25) is 9.48 Å². The number of amides is 1. The number of nitrogens with zero attached hydrogens (tertiary/aromatic N) is 2. The summed E-state index contributed by atoms with van der Waals surface area (Å²) in [6, 6.07) is 14.6. The molecule has 1 unspecified atom stereocenters. The number of hydrogen-bond acceptors (Lipinski definition) is 3. The molecule has 1 aliphatic carbocycles. The van der Waals surface area contributed by atoms with E-state index in [0.717, 1.165) is 47.4 Å². The van der Waals surface area contributed by atoms with Crippen LogP contribution in [0.2, 0.25) is 0 Å². The first-order valence-corrected chi connectivity index (χ1v) is 9.85. The summed E-state index contributed by atoms with van der Waals surface area (Å²) in [5.41, 5.74) is 6.77. The first-order valence-electron chi connectivity index (χ1n) is 9.85. The maximum atomic E-state index is 12.8. The van der Waals surface area contributed by atoms with Gasteiger partial charge < -0.3 is 10.1 Å². The Labute approximate surface area is 164 Å². The van der Waals surface area contributed by atoms with Gasteiger partial charge in [-0.1, -0.05) is 35.9 Å². The van der Waals surface area contributed by atoms with Gasteiger partial charge in [-0.15, -0.1) is 0 Å². The maximum Gasteiger partial charge on any atom is 0.242 e. The van der Waals surface area contributed by atoms with Gasteiger partial charge in [0.1, 0.15) is 18.9 Å². The van der Waals surface area contributed by atoms with Gasteiger partial charge in [-0.25, -0.2) is 0 Å². The van der Waals surface area contributed by atoms with Crippen LogP contribution in [0.25, 0.3) is 11.3 Å². The van der Waals surface area contributed by atoms with Crippen LogP contribution in [-0.4, -0.2) is 15.7 Å². The van der Waals surface area contributed by atoms with Crippen LogP contribution in [0.5, 0.6) is 5.75 Å². The fourth-order valence-corrected chi connectivity index (χ4v) is 4.35. The Morgan fingerprint density at radius 1 is 1.25 bits per heavy atom. The molecule has 2 aliphatic rings. The lowest BCUT2D eigenvalue weighted by atomic mass is 9.88. The van der Waals surface area contributed by atoms with Gasteiger partial charge in [0.05, 0.1) is 17.9 Å². The third-order valence-electron chi connectivity index (χ3n) is 5.69. The third-order valence-corrected chi connectivity index (χ3v) is 5.69. The van der Waals surface area contributed by atoms with E-state index in [1.165, 1.54) is 11.1 Å². The molecule has 5 heteroatoms. The Hall–Kier alpha value is -3.08. The molecule has 28 heavy (non-hydrogen) atoms. The molecule has 0 saturated heterocycles. The largest absolute Gasteiger partial charge is 0.488 e. The van der Waals surface area contributed by atoms with E-state index in [-0.39, 0.29) is 18.5 Å². The van der Waals surface area contributed by atoms with E-state index >= 15 is 0 Å². The lowest BCUT2D eigenvalue weighted by Crippen LogP contribution is -2.34. The van der Waals surface area contributed by atoms with E-state index in [1.54, 1.807) is 4.68 Å². The minimum absolute atomic E-state index is 0.00621. The number of carbonyl (C=O) groups is 1. The smallest absolute Gasteiger partial charge is 0.242 e. The number of benzene rings is 2. The van der Waals surface area contributed by atoms with Crippen molar-refractivity contribution in [2.75, 3.05) is 0 Å². The fraction of sp³-hybridized carbons (Fsp3) is 0.304. The zero-order chi connectivity index (χ0) is 19.1. The molecular weight excluding hydrogens is 350 g/mol. The van der Waals surface area contributed by atoms with Crippen LogP contribution in [0.15, 0.2) is 48.7 Å². The zero-order valence-electron chi connectivity index (χ0n) is 15.9. The highest BCUT2D eigenvalue weighted by atomic mass is 16.5. The second-order valence-electron chi connectivity index (χ2n) is 7.68. The van der Waals surface area contributed by atoms with Gasteiger partial charge in [0.25, 0.3) is 0 Å². The Balaban J connectivity index is 1.39. The standard InChI is InChI=1S/C23H23N3O2/c1-15-9-10-21-19(11-15)23-17(14-28-21)12-24-26(23)13-22(27)25-20-8-4-6-16-5-2-3-7-18(16)20/h2-3,5,7,9-12,20H,4,6,8,13-14H2,1H3,(H,25,27). The molecule has 0 fully saturated rings. The summed E-state index contributed by atoms with van der Waals surface area (Å²) >= 11 is 0. The van der Waals surface area contributed by atoms with Crippen molar-refractivity contribution < 1.29 is 9.53 Å². The second kappa shape index (κ2) is 6.82. The van der Waals surface area contributed by atoms with E-state index in [4.69, 9.17) is 4.74 Å². The van der Waals surface area contributed by atoms with Crippen molar-refractivity contribution in [1.29, 1.82) is 0 Å². The van der Waals surface area contributed by atoms with Crippen LogP contribution in [0.4, 0.5) is 0 Å². The molecule has 0 saturated carbocycles. The molecule has 0 radical (unpaired) electrons. The van der Waals surface area contributed by atoms with Crippen LogP contribution < -0.4 is 10.1 Å². The number of nitrogens with one attached hydrogen (secondary N) is 1. The van der Waals surface area contributed by atoms with Crippen molar-refractivity contribution >= 4 is 5.91 Å². The minimum atomic E-state index is -0.00621. The molecule has 5 rings (SSSR count). The topological polar surface area (TPSA) is 56.2 Å². The average Bonchev–Trinajstić information content (AvgIpc) is 3.11. The number of rotatable bonds is 3. The van der Waals surface area contributed by atoms with Crippen molar-refractivity contribution in [2.24, 2.45) is 0 Å². The minimum Gasteiger partial charge on any atom is -0.488 e. The molecule has 0 bridgehead atoms. The molecule has 0 spiro atoms. The van der Waals surface area contributed by atoms with Gasteiger partial charge in [0.2, 0.25) is 5.91 Å². The zero-order valence-corrected chi connectivity index (χ0v) is 15.9. The Kier molecular flexibility index (Phi) is 4.15. The first-order chi connectivity index (χ1) is 13.7. The fourth-order valence-electron chi connectivity index (χ4n) is 4.35. The average molecular weight is 373 g/mol. The van der Waals surface area contributed by atoms with Crippen molar-refractivity contribution in [3.8, 4) is 17.0 Å². The summed E-state index contributed by atoms with van der Waals surface area (Å²) in [6.07, 6.45) is 4.98. The van der Waals surface area contributed by atoms with Crippen molar-refractivity contribution in [3.63, 3.8) is 0 Å². The third kappa shape index (κ3) is 2.97. The summed E-state index contributed by atoms with van der Waals surface area (Å²) in [6.45, 7) is 2.76. The summed E-state index contributed by atoms with van der Waals surface area (Å²) in [7, 11) is 0. The Bertz CT molecular complexity index is 1050. The molecule has 1 aliphatic heterocycles. The van der Waals surface area contributed by atoms with E-state index in [1.807, 2.05) is 24.4 Å². The maximum absolute atomic E-state index is 12.8. The second-order valence-corrected chi connectivity index (χ2v) is 7.68. The molecule has 2 heterocycles. The first kappa shape index (κ1) is 17.0. The van der Waals surface area contributed by atoms with Crippen LogP contribution in [0.3, 0.4) is 0 Å². The van der Waals surface area contributed by atoms with Gasteiger partial charge in [-0.05, 0) is 49.4 Å². The molecule has 1 amide bonds. The molecular formula is C23H23N3O2. The predicted molar refractivity (Wildman–Crippen MR) is 107 cm³/mol. The van der Waals surface area contributed by atoms with Gasteiger partial charge in [-0.2, -0.15) is 5.10 Å². The molecule has 3 aromatic rings. The lowest BCUT2D eigenvalue weighted by molar-refractivity contribution is -0.122. The van der Waals surface area contributed by atoms with Crippen LogP contribution in [0, 0.1) is 6.92 Å². The highest BCUT2D eigenvalue weighted by Gasteiger charge is 2.25. The van der Waals surface area contributed by atoms with Crippen molar-refractivity contribution in [1.82, 2.24) is 15.1 Å². The number of aromatic nitrogens is 2. The number of aryl methyl sites for hydroxylation is 2. The number of fused-ring (bicyclic) bond motifs is 4. The van der Waals surface area contributed by atoms with E-state index in [9.17, 15) is 4.79 Å². The van der Waals surface area contributed by atoms with Crippen LogP contribution in [0.1, 0.15) is 41.1 Å². The van der Waals surface area contributed by atoms with Crippen LogP contribution in [-0.2, 0) is 24.4 Å². The van der Waals surface area contributed by atoms with Crippen molar-refractivity contribution in [3.05, 3.63) is 70.9 Å². The molecule has 1 atom stereocenters. The van der Waals surface area contributed by atoms with E-state index in [2.05, 4.69) is 41.6 Å². The highest BCUT2D eigenvalue weighted by molar-refractivity contribution is 5.79. The molecule has 5 nitrogen and oxygen atoms in total. The van der Waals surface area contributed by atoms with Gasteiger partial charge >= 0.3 is 0 Å². The van der Waals surface area contributed by atoms with E-state index in [0.29, 0.717) is 6.61 Å². The van der Waals surface area contributed by atoms with Crippen molar-refractivity contribution in [2.45, 2.75) is 45.4 Å². The SMILES string of the molecule is Cc1ccc2c(c1)-c1c(cnn1CC(=O)NC1CCCc3ccccc31)CO2. The normalized spacial score (nSPS) is 17.1. The highest BCUT2D eigenvalue weighted by Crippen LogP contribution is 2.38. The summed E-state index contributed by atoms with van der Waals surface area (Å²) in [5.74, 6) is 0.842. The quantitative estimate of drug-likeness (QED) is 0.756. The monoisotopic (exact) mass is 373 g/mol.